The molecule has 4 rings (SSSR count). The number of hydrogen-bond donors (Lipinski definition) is 1. The largest absolute Gasteiger partial charge is 0.489 e. The van der Waals surface area contributed by atoms with Gasteiger partial charge in [-0.1, -0.05) is 47.5 Å². The summed E-state index contributed by atoms with van der Waals surface area (Å²) in [6, 6.07) is 27.3. The quantitative estimate of drug-likeness (QED) is 0.124. The lowest BCUT2D eigenvalue weighted by atomic mass is 10.2. The molecule has 0 saturated heterocycles. The van der Waals surface area contributed by atoms with Crippen molar-refractivity contribution in [3.8, 4) is 11.5 Å². The van der Waals surface area contributed by atoms with Gasteiger partial charge in [0.15, 0.2) is 0 Å². The van der Waals surface area contributed by atoms with Crippen LogP contribution in [0.3, 0.4) is 0 Å². The first-order valence-corrected chi connectivity index (χ1v) is 11.6. The van der Waals surface area contributed by atoms with Crippen LogP contribution in [0.5, 0.6) is 11.5 Å². The zero-order valence-corrected chi connectivity index (χ0v) is 20.4. The second-order valence-corrected chi connectivity index (χ2v) is 8.45. The Balaban J connectivity index is 1.33. The lowest BCUT2D eigenvalue weighted by Gasteiger charge is -2.08. The highest BCUT2D eigenvalue weighted by molar-refractivity contribution is 6.30. The summed E-state index contributed by atoms with van der Waals surface area (Å²) < 4.78 is 11.2. The van der Waals surface area contributed by atoms with Gasteiger partial charge in [0.2, 0.25) is 0 Å². The zero-order chi connectivity index (χ0) is 25.3. The molecule has 0 radical (unpaired) electrons. The van der Waals surface area contributed by atoms with Gasteiger partial charge < -0.3 is 9.47 Å². The van der Waals surface area contributed by atoms with Gasteiger partial charge in [0.1, 0.15) is 18.1 Å². The number of hydrazone groups is 1. The molecule has 0 heterocycles. The molecular weight excluding hydrogens is 499 g/mol. The molecule has 8 heteroatoms. The number of carbonyl (C=O) groups is 2. The Morgan fingerprint density at radius 2 is 1.39 bits per heavy atom. The number of halogens is 2. The summed E-state index contributed by atoms with van der Waals surface area (Å²) in [6.45, 7) is 0.384. The zero-order valence-electron chi connectivity index (χ0n) is 18.9. The van der Waals surface area contributed by atoms with Gasteiger partial charge in [-0.15, -0.1) is 0 Å². The summed E-state index contributed by atoms with van der Waals surface area (Å²) in [4.78, 5) is 24.9. The van der Waals surface area contributed by atoms with Crippen LogP contribution in [-0.4, -0.2) is 18.1 Å². The van der Waals surface area contributed by atoms with E-state index < -0.39 is 11.9 Å². The van der Waals surface area contributed by atoms with Crippen molar-refractivity contribution < 1.29 is 19.1 Å². The van der Waals surface area contributed by atoms with Crippen LogP contribution in [0.2, 0.25) is 10.0 Å². The Labute approximate surface area is 218 Å². The fourth-order valence-electron chi connectivity index (χ4n) is 3.10. The van der Waals surface area contributed by atoms with Crippen molar-refractivity contribution in [2.75, 3.05) is 0 Å². The van der Waals surface area contributed by atoms with Gasteiger partial charge >= 0.3 is 5.97 Å². The molecular formula is C28H20Cl2N2O4. The summed E-state index contributed by atoms with van der Waals surface area (Å²) in [5, 5.41) is 5.19. The molecule has 1 N–H and O–H groups in total. The predicted molar refractivity (Wildman–Crippen MR) is 140 cm³/mol. The van der Waals surface area contributed by atoms with E-state index in [0.29, 0.717) is 44.8 Å². The summed E-state index contributed by atoms with van der Waals surface area (Å²) in [7, 11) is 0. The average Bonchev–Trinajstić information content (AvgIpc) is 2.90. The fourth-order valence-corrected chi connectivity index (χ4v) is 3.35. The highest BCUT2D eigenvalue weighted by atomic mass is 35.5. The smallest absolute Gasteiger partial charge is 0.343 e. The van der Waals surface area contributed by atoms with E-state index in [9.17, 15) is 9.59 Å². The van der Waals surface area contributed by atoms with Crippen LogP contribution in [-0.2, 0) is 6.61 Å². The van der Waals surface area contributed by atoms with Crippen LogP contribution >= 0.6 is 23.2 Å². The molecule has 4 aromatic rings. The van der Waals surface area contributed by atoms with Gasteiger partial charge in [0.05, 0.1) is 11.8 Å². The first-order chi connectivity index (χ1) is 17.5. The number of rotatable bonds is 8. The van der Waals surface area contributed by atoms with Crippen LogP contribution in [0.1, 0.15) is 31.8 Å². The van der Waals surface area contributed by atoms with Crippen LogP contribution in [0.15, 0.2) is 102 Å². The molecule has 0 aliphatic rings. The molecule has 0 unspecified atom stereocenters. The molecule has 0 fully saturated rings. The number of ether oxygens (including phenoxy) is 2. The van der Waals surface area contributed by atoms with Gasteiger partial charge in [-0.25, -0.2) is 10.2 Å². The van der Waals surface area contributed by atoms with E-state index in [1.807, 2.05) is 12.1 Å². The minimum absolute atomic E-state index is 0.303. The minimum Gasteiger partial charge on any atom is -0.489 e. The van der Waals surface area contributed by atoms with E-state index in [1.165, 1.54) is 6.21 Å². The number of amides is 1. The van der Waals surface area contributed by atoms with E-state index in [-0.39, 0.29) is 0 Å². The summed E-state index contributed by atoms with van der Waals surface area (Å²) in [5.74, 6) is 0.000125. The number of esters is 1. The van der Waals surface area contributed by atoms with Gasteiger partial charge in [-0.3, -0.25) is 4.79 Å². The lowest BCUT2D eigenvalue weighted by Crippen LogP contribution is -2.17. The minimum atomic E-state index is -0.532. The molecule has 0 atom stereocenters. The number of carbonyl (C=O) groups excluding carboxylic acids is 2. The van der Waals surface area contributed by atoms with E-state index in [1.54, 1.807) is 84.9 Å². The number of nitrogens with one attached hydrogen (secondary N) is 1. The van der Waals surface area contributed by atoms with Crippen LogP contribution in [0.4, 0.5) is 0 Å². The van der Waals surface area contributed by atoms with E-state index in [0.717, 1.165) is 5.56 Å². The second-order valence-electron chi connectivity index (χ2n) is 7.57. The summed E-state index contributed by atoms with van der Waals surface area (Å²) in [5.41, 5.74) is 4.74. The number of para-hydroxylation sites is 1. The third kappa shape index (κ3) is 6.95. The highest BCUT2D eigenvalue weighted by Gasteiger charge is 2.11. The average molecular weight is 519 g/mol. The Kier molecular flexibility index (Phi) is 8.34. The third-order valence-corrected chi connectivity index (χ3v) is 5.51. The Bertz CT molecular complexity index is 1370. The van der Waals surface area contributed by atoms with E-state index >= 15 is 0 Å². The van der Waals surface area contributed by atoms with Crippen LogP contribution < -0.4 is 14.9 Å². The van der Waals surface area contributed by atoms with E-state index in [4.69, 9.17) is 32.7 Å². The van der Waals surface area contributed by atoms with Gasteiger partial charge in [-0.05, 0) is 78.4 Å². The Morgan fingerprint density at radius 1 is 0.778 bits per heavy atom. The standard InChI is InChI=1S/C28H20Cl2N2O4/c29-23-11-5-19(6-12-23)18-35-25-15-9-20(10-16-25)27(33)32-31-17-22-3-1-2-4-26(22)36-28(34)21-7-13-24(30)14-8-21/h1-17H,18H2,(H,32,33)/b31-17-. The third-order valence-electron chi connectivity index (χ3n) is 5.01. The topological polar surface area (TPSA) is 77.0 Å². The van der Waals surface area contributed by atoms with Crippen molar-refractivity contribution in [2.24, 2.45) is 5.10 Å². The van der Waals surface area contributed by atoms with Gasteiger partial charge in [-0.2, -0.15) is 5.10 Å². The molecule has 6 nitrogen and oxygen atoms in total. The molecule has 0 saturated carbocycles. The maximum atomic E-state index is 12.5. The number of benzene rings is 4. The SMILES string of the molecule is O=C(N/N=C\c1ccccc1OC(=O)c1ccc(Cl)cc1)c1ccc(OCc2ccc(Cl)cc2)cc1. The number of hydrogen-bond acceptors (Lipinski definition) is 5. The van der Waals surface area contributed by atoms with E-state index in [2.05, 4.69) is 10.5 Å². The normalized spacial score (nSPS) is 10.7. The predicted octanol–water partition coefficient (Wildman–Crippen LogP) is 6.56. The van der Waals surface area contributed by atoms with Crippen molar-refractivity contribution in [3.05, 3.63) is 129 Å². The van der Waals surface area contributed by atoms with Crippen molar-refractivity contribution in [2.45, 2.75) is 6.61 Å². The summed E-state index contributed by atoms with van der Waals surface area (Å²) >= 11 is 11.8. The summed E-state index contributed by atoms with van der Waals surface area (Å²) in [6.07, 6.45) is 1.41. The maximum Gasteiger partial charge on any atom is 0.343 e. The number of nitrogens with zero attached hydrogens (tertiary/aromatic N) is 1. The van der Waals surface area contributed by atoms with Crippen molar-refractivity contribution >= 4 is 41.3 Å². The monoisotopic (exact) mass is 518 g/mol. The Morgan fingerprint density at radius 3 is 2.08 bits per heavy atom. The Hall–Kier alpha value is -4.13. The molecule has 36 heavy (non-hydrogen) atoms. The van der Waals surface area contributed by atoms with Crippen molar-refractivity contribution in [1.82, 2.24) is 5.43 Å². The fraction of sp³-hybridized carbons (Fsp3) is 0.0357. The van der Waals surface area contributed by atoms with Crippen molar-refractivity contribution in [3.63, 3.8) is 0 Å². The lowest BCUT2D eigenvalue weighted by molar-refractivity contribution is 0.0734. The maximum absolute atomic E-state index is 12.5. The van der Waals surface area contributed by atoms with Crippen molar-refractivity contribution in [1.29, 1.82) is 0 Å². The highest BCUT2D eigenvalue weighted by Crippen LogP contribution is 2.19. The molecule has 4 aromatic carbocycles. The molecule has 0 aliphatic heterocycles. The molecule has 0 aromatic heterocycles. The molecule has 0 aliphatic carbocycles. The van der Waals surface area contributed by atoms with Crippen LogP contribution in [0, 0.1) is 0 Å². The molecule has 180 valence electrons. The molecule has 0 bridgehead atoms. The second kappa shape index (κ2) is 12.0. The molecule has 0 spiro atoms. The first-order valence-electron chi connectivity index (χ1n) is 10.9. The first kappa shape index (κ1) is 25.0. The van der Waals surface area contributed by atoms with Gasteiger partial charge in [0.25, 0.3) is 5.91 Å². The van der Waals surface area contributed by atoms with Crippen LogP contribution in [0.25, 0.3) is 0 Å². The molecule has 1 amide bonds. The van der Waals surface area contributed by atoms with Gasteiger partial charge in [0, 0.05) is 21.2 Å².